The Morgan fingerprint density at radius 1 is 1.38 bits per heavy atom. The molecule has 1 rings (SSSR count). The van der Waals surface area contributed by atoms with Crippen LogP contribution < -0.4 is 4.57 Å². The summed E-state index contributed by atoms with van der Waals surface area (Å²) in [6, 6.07) is 3.57. The Bertz CT molecular complexity index is 147. The van der Waals surface area contributed by atoms with Crippen molar-refractivity contribution in [1.29, 1.82) is 0 Å². The molecule has 0 spiro atoms. The molecule has 1 radical (unpaired) electrons. The minimum absolute atomic E-state index is 0.741. The third kappa shape index (κ3) is 1.20. The van der Waals surface area contributed by atoms with Crippen molar-refractivity contribution in [2.75, 3.05) is 0 Å². The maximum atomic E-state index is 5.57. The first-order valence-corrected chi connectivity index (χ1v) is 2.64. The number of hydrogen-bond acceptors (Lipinski definition) is 0. The van der Waals surface area contributed by atoms with Crippen LogP contribution in [0.25, 0.3) is 0 Å². The van der Waals surface area contributed by atoms with Gasteiger partial charge < -0.3 is 0 Å². The lowest BCUT2D eigenvalue weighted by atomic mass is 10.5. The Kier molecular flexibility index (Phi) is 1.49. The van der Waals surface area contributed by atoms with Gasteiger partial charge in [0.25, 0.3) is 0 Å². The number of pyridine rings is 1. The van der Waals surface area contributed by atoms with Crippen LogP contribution in [0.1, 0.15) is 0 Å². The first kappa shape index (κ1) is 5.57. The second-order valence-corrected chi connectivity index (χ2v) is 1.97. The fourth-order valence-corrected chi connectivity index (χ4v) is 0.552. The number of aromatic nitrogens is 1. The zero-order valence-electron chi connectivity index (χ0n) is 4.34. The summed E-state index contributed by atoms with van der Waals surface area (Å²) in [6.45, 7) is 0. The average Bonchev–Trinajstić information content (AvgIpc) is 1.77. The molecule has 0 aliphatic carbocycles. The van der Waals surface area contributed by atoms with Gasteiger partial charge in [0.05, 0.1) is 5.02 Å². The van der Waals surface area contributed by atoms with Gasteiger partial charge in [0, 0.05) is 12.1 Å². The lowest BCUT2D eigenvalue weighted by molar-refractivity contribution is -0.612. The summed E-state index contributed by atoms with van der Waals surface area (Å²) in [7, 11) is 3.62. The van der Waals surface area contributed by atoms with E-state index in [4.69, 9.17) is 11.6 Å². The predicted octanol–water partition coefficient (Wildman–Crippen LogP) is 1.27. The highest BCUT2D eigenvalue weighted by atomic mass is 35.5. The van der Waals surface area contributed by atoms with Crippen LogP contribution in [0.2, 0.25) is 5.02 Å². The maximum absolute atomic E-state index is 5.57. The van der Waals surface area contributed by atoms with E-state index >= 15 is 0 Å². The summed E-state index contributed by atoms with van der Waals surface area (Å²) >= 11 is 5.57. The third-order valence-electron chi connectivity index (χ3n) is 0.850. The van der Waals surface area contributed by atoms with Gasteiger partial charge >= 0.3 is 0 Å². The molecule has 0 aromatic carbocycles. The molecule has 0 N–H and O–H groups in total. The minimum Gasteiger partial charge on any atom is -0.198 e. The molecular weight excluding hydrogens is 122 g/mol. The van der Waals surface area contributed by atoms with Crippen LogP contribution in [0.4, 0.5) is 0 Å². The van der Waals surface area contributed by atoms with Crippen molar-refractivity contribution in [2.24, 2.45) is 0 Å². The van der Waals surface area contributed by atoms with Crippen LogP contribution in [-0.2, 0) is 0 Å². The van der Waals surface area contributed by atoms with Crippen LogP contribution in [0.15, 0.2) is 24.5 Å². The van der Waals surface area contributed by atoms with Gasteiger partial charge in [0.1, 0.15) is 0 Å². The molecule has 0 saturated carbocycles. The highest BCUT2D eigenvalue weighted by Gasteiger charge is 1.88. The number of nitrogens with zero attached hydrogens (tertiary/aromatic N) is 1. The Labute approximate surface area is 53.5 Å². The second-order valence-electron chi connectivity index (χ2n) is 1.53. The van der Waals surface area contributed by atoms with Gasteiger partial charge in [-0.25, -0.2) is 0 Å². The van der Waals surface area contributed by atoms with Gasteiger partial charge in [-0.15, -0.1) is 0 Å². The van der Waals surface area contributed by atoms with Crippen LogP contribution in [0, 0.1) is 7.05 Å². The van der Waals surface area contributed by atoms with E-state index in [0.717, 1.165) is 5.02 Å². The molecule has 0 amide bonds. The van der Waals surface area contributed by atoms with Crippen molar-refractivity contribution in [3.05, 3.63) is 36.6 Å². The quantitative estimate of drug-likeness (QED) is 0.462. The number of halogens is 1. The maximum Gasteiger partial charge on any atom is 0.206 e. The topological polar surface area (TPSA) is 3.88 Å². The molecule has 1 aromatic rings. The van der Waals surface area contributed by atoms with E-state index in [2.05, 4.69) is 7.05 Å². The number of rotatable bonds is 0. The van der Waals surface area contributed by atoms with E-state index in [1.165, 1.54) is 0 Å². The monoisotopic (exact) mass is 127 g/mol. The van der Waals surface area contributed by atoms with Crippen molar-refractivity contribution in [3.8, 4) is 0 Å². The van der Waals surface area contributed by atoms with Crippen LogP contribution in [0.5, 0.6) is 0 Å². The standard InChI is InChI=1S/C6H6ClN/c1-8-4-2-6(7)3-5-8/h2-5H,1H2/q+1. The van der Waals surface area contributed by atoms with E-state index in [0.29, 0.717) is 0 Å². The second kappa shape index (κ2) is 2.14. The van der Waals surface area contributed by atoms with Crippen LogP contribution >= 0.6 is 11.6 Å². The molecule has 8 heavy (non-hydrogen) atoms. The molecule has 0 bridgehead atoms. The molecule has 41 valence electrons. The highest BCUT2D eigenvalue weighted by molar-refractivity contribution is 6.30. The van der Waals surface area contributed by atoms with Gasteiger partial charge in [0.2, 0.25) is 7.05 Å². The van der Waals surface area contributed by atoms with Crippen molar-refractivity contribution >= 4 is 11.6 Å². The summed E-state index contributed by atoms with van der Waals surface area (Å²) in [5, 5.41) is 0.741. The van der Waals surface area contributed by atoms with E-state index in [1.54, 1.807) is 29.1 Å². The molecule has 2 heteroatoms. The zero-order valence-corrected chi connectivity index (χ0v) is 5.10. The molecular formula is C6H6ClN+. The Morgan fingerprint density at radius 3 is 2.25 bits per heavy atom. The third-order valence-corrected chi connectivity index (χ3v) is 1.10. The highest BCUT2D eigenvalue weighted by Crippen LogP contribution is 2.00. The van der Waals surface area contributed by atoms with E-state index in [1.807, 2.05) is 0 Å². The first-order valence-electron chi connectivity index (χ1n) is 2.27. The summed E-state index contributed by atoms with van der Waals surface area (Å²) in [6.07, 6.45) is 3.59. The van der Waals surface area contributed by atoms with Gasteiger partial charge in [0.15, 0.2) is 12.4 Å². The van der Waals surface area contributed by atoms with E-state index in [9.17, 15) is 0 Å². The molecule has 0 aliphatic heterocycles. The molecule has 1 nitrogen and oxygen atoms in total. The molecule has 1 heterocycles. The molecule has 1 aromatic heterocycles. The smallest absolute Gasteiger partial charge is 0.198 e. The summed E-state index contributed by atoms with van der Waals surface area (Å²) in [4.78, 5) is 0. The molecule has 0 saturated heterocycles. The van der Waals surface area contributed by atoms with Crippen molar-refractivity contribution in [2.45, 2.75) is 0 Å². The largest absolute Gasteiger partial charge is 0.206 e. The summed E-state index contributed by atoms with van der Waals surface area (Å²) < 4.78 is 1.69. The molecule has 0 fully saturated rings. The van der Waals surface area contributed by atoms with Crippen molar-refractivity contribution < 1.29 is 4.57 Å². The molecule has 0 unspecified atom stereocenters. The van der Waals surface area contributed by atoms with Crippen LogP contribution in [0.3, 0.4) is 0 Å². The van der Waals surface area contributed by atoms with Gasteiger partial charge in [-0.3, -0.25) is 0 Å². The normalized spacial score (nSPS) is 9.25. The fraction of sp³-hybridized carbons (Fsp3) is 0. The summed E-state index contributed by atoms with van der Waals surface area (Å²) in [5.74, 6) is 0. The Morgan fingerprint density at radius 2 is 1.88 bits per heavy atom. The first-order chi connectivity index (χ1) is 3.79. The van der Waals surface area contributed by atoms with Gasteiger partial charge in [-0.2, -0.15) is 4.57 Å². The SMILES string of the molecule is [CH2][n+]1ccc(Cl)cc1. The van der Waals surface area contributed by atoms with E-state index in [-0.39, 0.29) is 0 Å². The van der Waals surface area contributed by atoms with Crippen LogP contribution in [-0.4, -0.2) is 0 Å². The average molecular weight is 128 g/mol. The zero-order chi connectivity index (χ0) is 5.98. The fourth-order valence-electron chi connectivity index (χ4n) is 0.439. The van der Waals surface area contributed by atoms with E-state index < -0.39 is 0 Å². The Balaban J connectivity index is 3.03. The van der Waals surface area contributed by atoms with Gasteiger partial charge in [-0.05, 0) is 0 Å². The predicted molar refractivity (Wildman–Crippen MR) is 32.4 cm³/mol. The van der Waals surface area contributed by atoms with Crippen molar-refractivity contribution in [1.82, 2.24) is 0 Å². The van der Waals surface area contributed by atoms with Crippen molar-refractivity contribution in [3.63, 3.8) is 0 Å². The molecule has 0 aliphatic rings. The van der Waals surface area contributed by atoms with Gasteiger partial charge in [-0.1, -0.05) is 11.6 Å². The molecule has 0 atom stereocenters. The number of hydrogen-bond donors (Lipinski definition) is 0. The lowest BCUT2D eigenvalue weighted by Gasteiger charge is -1.82. The minimum atomic E-state index is 0.741. The Hall–Kier alpha value is -0.560. The summed E-state index contributed by atoms with van der Waals surface area (Å²) in [5.41, 5.74) is 0. The lowest BCUT2D eigenvalue weighted by Crippen LogP contribution is -2.22.